The molecule has 0 saturated heterocycles. The number of nitrogens with one attached hydrogen (secondary N) is 1. The molecule has 0 radical (unpaired) electrons. The predicted octanol–water partition coefficient (Wildman–Crippen LogP) is 3.88. The molecule has 0 heterocycles. The zero-order valence-electron chi connectivity index (χ0n) is 13.2. The van der Waals surface area contributed by atoms with E-state index in [9.17, 15) is 9.59 Å². The van der Waals surface area contributed by atoms with E-state index >= 15 is 0 Å². The van der Waals surface area contributed by atoms with Crippen LogP contribution in [0, 0.1) is 11.3 Å². The summed E-state index contributed by atoms with van der Waals surface area (Å²) in [4.78, 5) is 24.4. The van der Waals surface area contributed by atoms with E-state index in [1.165, 1.54) is 11.8 Å². The lowest BCUT2D eigenvalue weighted by atomic mass is 10.2. The van der Waals surface area contributed by atoms with Crippen LogP contribution in [0.5, 0.6) is 0 Å². The molecule has 25 heavy (non-hydrogen) atoms. The van der Waals surface area contributed by atoms with Crippen LogP contribution < -0.4 is 5.32 Å². The van der Waals surface area contributed by atoms with Crippen LogP contribution in [-0.4, -0.2) is 24.2 Å². The maximum atomic E-state index is 11.8. The highest BCUT2D eigenvalue weighted by Gasteiger charge is 2.08. The lowest BCUT2D eigenvalue weighted by molar-refractivity contribution is -0.146. The Morgan fingerprint density at radius 1 is 1.20 bits per heavy atom. The van der Waals surface area contributed by atoms with Crippen molar-refractivity contribution >= 4 is 40.9 Å². The average molecular weight is 375 g/mol. The van der Waals surface area contributed by atoms with Crippen LogP contribution in [0.15, 0.2) is 53.4 Å². The number of esters is 1. The SMILES string of the molecule is N#Cc1cccc(NC(=O)COC(=O)CCSc2ccc(Cl)cc2)c1. The number of amides is 1. The van der Waals surface area contributed by atoms with Crippen LogP contribution in [-0.2, 0) is 14.3 Å². The number of hydrogen-bond donors (Lipinski definition) is 1. The third-order valence-electron chi connectivity index (χ3n) is 3.03. The summed E-state index contributed by atoms with van der Waals surface area (Å²) in [5.74, 6) is -0.345. The number of rotatable bonds is 7. The summed E-state index contributed by atoms with van der Waals surface area (Å²) in [6.45, 7) is -0.360. The summed E-state index contributed by atoms with van der Waals surface area (Å²) in [5.41, 5.74) is 0.924. The number of hydrogen-bond acceptors (Lipinski definition) is 5. The molecule has 0 spiro atoms. The van der Waals surface area contributed by atoms with E-state index in [-0.39, 0.29) is 13.0 Å². The third kappa shape index (κ3) is 6.87. The minimum Gasteiger partial charge on any atom is -0.456 e. The molecule has 0 bridgehead atoms. The summed E-state index contributed by atoms with van der Waals surface area (Å²) < 4.78 is 4.94. The number of ether oxygens (including phenoxy) is 1. The molecular weight excluding hydrogens is 360 g/mol. The van der Waals surface area contributed by atoms with E-state index in [1.807, 2.05) is 18.2 Å². The molecule has 0 aliphatic rings. The maximum Gasteiger partial charge on any atom is 0.307 e. The van der Waals surface area contributed by atoms with E-state index in [4.69, 9.17) is 21.6 Å². The van der Waals surface area contributed by atoms with E-state index in [2.05, 4.69) is 5.32 Å². The van der Waals surface area contributed by atoms with Crippen molar-refractivity contribution in [3.05, 3.63) is 59.1 Å². The van der Waals surface area contributed by atoms with Crippen molar-refractivity contribution in [2.45, 2.75) is 11.3 Å². The van der Waals surface area contributed by atoms with E-state index in [0.717, 1.165) is 4.90 Å². The van der Waals surface area contributed by atoms with Gasteiger partial charge in [0.1, 0.15) is 0 Å². The quantitative estimate of drug-likeness (QED) is 0.587. The van der Waals surface area contributed by atoms with Gasteiger partial charge in [-0.3, -0.25) is 9.59 Å². The lowest BCUT2D eigenvalue weighted by Crippen LogP contribution is -2.21. The highest BCUT2D eigenvalue weighted by molar-refractivity contribution is 7.99. The smallest absolute Gasteiger partial charge is 0.307 e. The average Bonchev–Trinajstić information content (AvgIpc) is 2.62. The molecule has 0 atom stereocenters. The third-order valence-corrected chi connectivity index (χ3v) is 4.29. The van der Waals surface area contributed by atoms with Crippen molar-refractivity contribution in [1.82, 2.24) is 0 Å². The van der Waals surface area contributed by atoms with E-state index in [0.29, 0.717) is 22.0 Å². The number of carbonyl (C=O) groups excluding carboxylic acids is 2. The number of nitrogens with zero attached hydrogens (tertiary/aromatic N) is 1. The zero-order chi connectivity index (χ0) is 18.1. The van der Waals surface area contributed by atoms with Crippen LogP contribution in [0.1, 0.15) is 12.0 Å². The Kier molecular flexibility index (Phi) is 7.33. The predicted molar refractivity (Wildman–Crippen MR) is 97.5 cm³/mol. The van der Waals surface area contributed by atoms with Crippen LogP contribution in [0.3, 0.4) is 0 Å². The first-order valence-corrected chi connectivity index (χ1v) is 8.77. The zero-order valence-corrected chi connectivity index (χ0v) is 14.8. The lowest BCUT2D eigenvalue weighted by Gasteiger charge is -2.07. The summed E-state index contributed by atoms with van der Waals surface area (Å²) >= 11 is 7.31. The van der Waals surface area contributed by atoms with Crippen LogP contribution in [0.2, 0.25) is 5.02 Å². The van der Waals surface area contributed by atoms with Gasteiger partial charge in [0, 0.05) is 21.4 Å². The number of anilines is 1. The fourth-order valence-electron chi connectivity index (χ4n) is 1.86. The number of benzene rings is 2. The van der Waals surface area contributed by atoms with Gasteiger partial charge >= 0.3 is 5.97 Å². The highest BCUT2D eigenvalue weighted by Crippen LogP contribution is 2.21. The van der Waals surface area contributed by atoms with Gasteiger partial charge in [0.05, 0.1) is 18.1 Å². The number of carbonyl (C=O) groups is 2. The summed E-state index contributed by atoms with van der Waals surface area (Å²) in [6.07, 6.45) is 0.199. The van der Waals surface area contributed by atoms with Crippen molar-refractivity contribution in [3.63, 3.8) is 0 Å². The molecule has 0 aliphatic carbocycles. The first-order valence-electron chi connectivity index (χ1n) is 7.41. The fourth-order valence-corrected chi connectivity index (χ4v) is 2.82. The normalized spacial score (nSPS) is 9.92. The van der Waals surface area contributed by atoms with Crippen LogP contribution in [0.4, 0.5) is 5.69 Å². The molecule has 2 aromatic rings. The first-order chi connectivity index (χ1) is 12.1. The number of halogens is 1. The molecule has 0 aromatic heterocycles. The van der Waals surface area contributed by atoms with Gasteiger partial charge in [-0.15, -0.1) is 11.8 Å². The molecule has 128 valence electrons. The molecule has 1 amide bonds. The number of thioether (sulfide) groups is 1. The van der Waals surface area contributed by atoms with Gasteiger partial charge in [-0.25, -0.2) is 0 Å². The molecule has 1 N–H and O–H groups in total. The fraction of sp³-hybridized carbons (Fsp3) is 0.167. The standard InChI is InChI=1S/C18H15ClN2O3S/c19-14-4-6-16(7-5-14)25-9-8-18(23)24-12-17(22)21-15-3-1-2-13(10-15)11-20/h1-7,10H,8-9,12H2,(H,21,22). The Bertz CT molecular complexity index is 788. The van der Waals surface area contributed by atoms with Gasteiger partial charge < -0.3 is 10.1 Å². The van der Waals surface area contributed by atoms with Crippen LogP contribution in [0.25, 0.3) is 0 Å². The van der Waals surface area contributed by atoms with Gasteiger partial charge in [0.25, 0.3) is 5.91 Å². The van der Waals surface area contributed by atoms with Gasteiger partial charge in [-0.05, 0) is 42.5 Å². The number of nitriles is 1. The van der Waals surface area contributed by atoms with Crippen molar-refractivity contribution in [2.24, 2.45) is 0 Å². The van der Waals surface area contributed by atoms with E-state index in [1.54, 1.807) is 36.4 Å². The highest BCUT2D eigenvalue weighted by atomic mass is 35.5. The second kappa shape index (κ2) is 9.72. The molecular formula is C18H15ClN2O3S. The van der Waals surface area contributed by atoms with Crippen LogP contribution >= 0.6 is 23.4 Å². The Balaban J connectivity index is 1.67. The molecule has 2 rings (SSSR count). The van der Waals surface area contributed by atoms with Crippen molar-refractivity contribution in [3.8, 4) is 6.07 Å². The van der Waals surface area contributed by atoms with Crippen molar-refractivity contribution in [2.75, 3.05) is 17.7 Å². The molecule has 0 unspecified atom stereocenters. The molecule has 5 nitrogen and oxygen atoms in total. The summed E-state index contributed by atoms with van der Waals surface area (Å²) in [5, 5.41) is 12.0. The minimum atomic E-state index is -0.450. The van der Waals surface area contributed by atoms with Gasteiger partial charge in [-0.2, -0.15) is 5.26 Å². The van der Waals surface area contributed by atoms with Crippen molar-refractivity contribution < 1.29 is 14.3 Å². The van der Waals surface area contributed by atoms with Gasteiger partial charge in [0.15, 0.2) is 6.61 Å². The molecule has 0 fully saturated rings. The summed E-state index contributed by atoms with van der Waals surface area (Å²) in [6, 6.07) is 15.8. The molecule has 0 saturated carbocycles. The Morgan fingerprint density at radius 2 is 1.96 bits per heavy atom. The van der Waals surface area contributed by atoms with Gasteiger partial charge in [-0.1, -0.05) is 17.7 Å². The second-order valence-electron chi connectivity index (χ2n) is 4.95. The molecule has 7 heteroatoms. The largest absolute Gasteiger partial charge is 0.456 e. The first kappa shape index (κ1) is 18.8. The maximum absolute atomic E-state index is 11.8. The molecule has 2 aromatic carbocycles. The van der Waals surface area contributed by atoms with E-state index < -0.39 is 11.9 Å². The van der Waals surface area contributed by atoms with Gasteiger partial charge in [0.2, 0.25) is 0 Å². The minimum absolute atomic E-state index is 0.199. The Morgan fingerprint density at radius 3 is 2.68 bits per heavy atom. The Labute approximate surface area is 154 Å². The van der Waals surface area contributed by atoms with Crippen molar-refractivity contribution in [1.29, 1.82) is 5.26 Å². The topological polar surface area (TPSA) is 79.2 Å². The Hall–Kier alpha value is -2.49. The second-order valence-corrected chi connectivity index (χ2v) is 6.56. The summed E-state index contributed by atoms with van der Waals surface area (Å²) in [7, 11) is 0. The monoisotopic (exact) mass is 374 g/mol. The molecule has 0 aliphatic heterocycles.